The third kappa shape index (κ3) is 6.27. The fourth-order valence-corrected chi connectivity index (χ4v) is 1.67. The number of benzene rings is 1. The van der Waals surface area contributed by atoms with Crippen molar-refractivity contribution in [2.24, 2.45) is 0 Å². The number of anilines is 1. The van der Waals surface area contributed by atoms with E-state index in [0.717, 1.165) is 5.56 Å². The summed E-state index contributed by atoms with van der Waals surface area (Å²) in [7, 11) is 0. The first-order valence-electron chi connectivity index (χ1n) is 6.80. The molecule has 0 spiro atoms. The summed E-state index contributed by atoms with van der Waals surface area (Å²) in [4.78, 5) is 23.5. The minimum Gasteiger partial charge on any atom is -0.392 e. The second-order valence-electron chi connectivity index (χ2n) is 5.92. The molecule has 0 aliphatic carbocycles. The molecular formula is C15H23N3O3. The molecule has 0 aliphatic heterocycles. The summed E-state index contributed by atoms with van der Waals surface area (Å²) in [6.07, 6.45) is 0. The number of rotatable bonds is 4. The zero-order valence-corrected chi connectivity index (χ0v) is 12.9. The minimum atomic E-state index is -0.579. The summed E-state index contributed by atoms with van der Waals surface area (Å²) < 4.78 is 0. The van der Waals surface area contributed by atoms with Crippen LogP contribution in [0.2, 0.25) is 0 Å². The Morgan fingerprint density at radius 2 is 1.95 bits per heavy atom. The average Bonchev–Trinajstić information content (AvgIpc) is 2.36. The van der Waals surface area contributed by atoms with Crippen molar-refractivity contribution in [3.63, 3.8) is 0 Å². The van der Waals surface area contributed by atoms with Gasteiger partial charge in [-0.25, -0.2) is 4.79 Å². The van der Waals surface area contributed by atoms with Gasteiger partial charge in [-0.05, 0) is 45.4 Å². The van der Waals surface area contributed by atoms with Gasteiger partial charge in [0, 0.05) is 11.2 Å². The van der Waals surface area contributed by atoms with Crippen LogP contribution in [0.5, 0.6) is 0 Å². The fourth-order valence-electron chi connectivity index (χ4n) is 1.67. The second-order valence-corrected chi connectivity index (χ2v) is 5.92. The van der Waals surface area contributed by atoms with Gasteiger partial charge in [0.15, 0.2) is 0 Å². The van der Waals surface area contributed by atoms with Gasteiger partial charge in [0.2, 0.25) is 5.91 Å². The lowest BCUT2D eigenvalue weighted by Gasteiger charge is -2.21. The molecule has 0 aliphatic rings. The first-order valence-corrected chi connectivity index (χ1v) is 6.80. The highest BCUT2D eigenvalue weighted by atomic mass is 16.3. The van der Waals surface area contributed by atoms with Crippen molar-refractivity contribution in [1.29, 1.82) is 0 Å². The SMILES string of the molecule is CC(Nc1cccc(CO)c1)C(=O)NC(=O)NC(C)(C)C. The zero-order valence-electron chi connectivity index (χ0n) is 12.9. The number of hydrogen-bond donors (Lipinski definition) is 4. The highest BCUT2D eigenvalue weighted by molar-refractivity contribution is 5.98. The molecule has 116 valence electrons. The maximum Gasteiger partial charge on any atom is 0.321 e. The van der Waals surface area contributed by atoms with E-state index in [2.05, 4.69) is 16.0 Å². The first-order chi connectivity index (χ1) is 9.71. The lowest BCUT2D eigenvalue weighted by Crippen LogP contribution is -2.51. The van der Waals surface area contributed by atoms with Crippen molar-refractivity contribution in [2.45, 2.75) is 45.9 Å². The van der Waals surface area contributed by atoms with Gasteiger partial charge in [-0.1, -0.05) is 12.1 Å². The number of hydrogen-bond acceptors (Lipinski definition) is 4. The third-order valence-corrected chi connectivity index (χ3v) is 2.61. The smallest absolute Gasteiger partial charge is 0.321 e. The Hall–Kier alpha value is -2.08. The van der Waals surface area contributed by atoms with Crippen LogP contribution in [0.3, 0.4) is 0 Å². The van der Waals surface area contributed by atoms with E-state index in [-0.39, 0.29) is 6.61 Å². The Bertz CT molecular complexity index is 509. The Morgan fingerprint density at radius 3 is 2.52 bits per heavy atom. The molecule has 1 aromatic rings. The molecule has 0 heterocycles. The maximum absolute atomic E-state index is 11.9. The Balaban J connectivity index is 2.56. The molecule has 6 nitrogen and oxygen atoms in total. The number of imide groups is 1. The average molecular weight is 293 g/mol. The molecule has 0 saturated heterocycles. The summed E-state index contributed by atoms with van der Waals surface area (Å²) in [5.74, 6) is -0.425. The zero-order chi connectivity index (χ0) is 16.0. The van der Waals surface area contributed by atoms with E-state index in [0.29, 0.717) is 5.69 Å². The molecule has 1 rings (SSSR count). The fraction of sp³-hybridized carbons (Fsp3) is 0.467. The normalized spacial score (nSPS) is 12.4. The topological polar surface area (TPSA) is 90.5 Å². The van der Waals surface area contributed by atoms with E-state index in [1.807, 2.05) is 20.8 Å². The van der Waals surface area contributed by atoms with Crippen molar-refractivity contribution in [3.8, 4) is 0 Å². The number of urea groups is 1. The molecule has 1 unspecified atom stereocenters. The van der Waals surface area contributed by atoms with Gasteiger partial charge < -0.3 is 15.7 Å². The summed E-state index contributed by atoms with van der Waals surface area (Å²) >= 11 is 0. The van der Waals surface area contributed by atoms with Gasteiger partial charge in [0.05, 0.1) is 6.61 Å². The number of carbonyl (C=O) groups is 2. The molecule has 0 bridgehead atoms. The van der Waals surface area contributed by atoms with Crippen LogP contribution in [0, 0.1) is 0 Å². The van der Waals surface area contributed by atoms with Crippen LogP contribution in [0.15, 0.2) is 24.3 Å². The van der Waals surface area contributed by atoms with Crippen molar-refractivity contribution < 1.29 is 14.7 Å². The van der Waals surface area contributed by atoms with E-state index in [1.165, 1.54) is 0 Å². The van der Waals surface area contributed by atoms with Crippen LogP contribution in [-0.4, -0.2) is 28.6 Å². The standard InChI is InChI=1S/C15H23N3O3/c1-10(13(20)17-14(21)18-15(2,3)4)16-12-7-5-6-11(8-12)9-19/h5-8,10,16,19H,9H2,1-4H3,(H2,17,18,20,21). The third-order valence-electron chi connectivity index (χ3n) is 2.61. The van der Waals surface area contributed by atoms with E-state index in [9.17, 15) is 9.59 Å². The van der Waals surface area contributed by atoms with Crippen LogP contribution in [0.4, 0.5) is 10.5 Å². The van der Waals surface area contributed by atoms with Crippen LogP contribution < -0.4 is 16.0 Å². The minimum absolute atomic E-state index is 0.0654. The lowest BCUT2D eigenvalue weighted by molar-refractivity contribution is -0.120. The van der Waals surface area contributed by atoms with Crippen molar-refractivity contribution in [2.75, 3.05) is 5.32 Å². The van der Waals surface area contributed by atoms with Gasteiger partial charge in [-0.3, -0.25) is 10.1 Å². The monoisotopic (exact) mass is 293 g/mol. The van der Waals surface area contributed by atoms with Crippen LogP contribution >= 0.6 is 0 Å². The quantitative estimate of drug-likeness (QED) is 0.679. The highest BCUT2D eigenvalue weighted by Gasteiger charge is 2.19. The summed E-state index contributed by atoms with van der Waals surface area (Å²) in [6.45, 7) is 7.09. The largest absolute Gasteiger partial charge is 0.392 e. The van der Waals surface area contributed by atoms with Gasteiger partial charge >= 0.3 is 6.03 Å². The second kappa shape index (κ2) is 7.08. The molecule has 1 aromatic carbocycles. The van der Waals surface area contributed by atoms with Crippen molar-refractivity contribution in [1.82, 2.24) is 10.6 Å². The summed E-state index contributed by atoms with van der Waals surface area (Å²) in [5.41, 5.74) is 1.05. The van der Waals surface area contributed by atoms with E-state index >= 15 is 0 Å². The van der Waals surface area contributed by atoms with Gasteiger partial charge in [0.1, 0.15) is 6.04 Å². The van der Waals surface area contributed by atoms with Crippen molar-refractivity contribution in [3.05, 3.63) is 29.8 Å². The molecule has 6 heteroatoms. The molecule has 21 heavy (non-hydrogen) atoms. The molecule has 3 amide bonds. The molecule has 0 radical (unpaired) electrons. The summed E-state index contributed by atoms with van der Waals surface area (Å²) in [6, 6.07) is 6.00. The Labute approximate surface area is 124 Å². The molecule has 0 fully saturated rings. The van der Waals surface area contributed by atoms with Gasteiger partial charge in [-0.15, -0.1) is 0 Å². The number of aliphatic hydroxyl groups excluding tert-OH is 1. The number of amides is 3. The van der Waals surface area contributed by atoms with Gasteiger partial charge in [0.25, 0.3) is 0 Å². The first kappa shape index (κ1) is 17.0. The highest BCUT2D eigenvalue weighted by Crippen LogP contribution is 2.11. The van der Waals surface area contributed by atoms with Crippen molar-refractivity contribution >= 4 is 17.6 Å². The summed E-state index contributed by atoms with van der Waals surface area (Å²) in [5, 5.41) is 17.0. The number of carbonyl (C=O) groups excluding carboxylic acids is 2. The Morgan fingerprint density at radius 1 is 1.29 bits per heavy atom. The van der Waals surface area contributed by atoms with E-state index in [4.69, 9.17) is 5.11 Å². The number of aliphatic hydroxyl groups is 1. The molecule has 4 N–H and O–H groups in total. The number of nitrogens with one attached hydrogen (secondary N) is 3. The molecule has 1 atom stereocenters. The van der Waals surface area contributed by atoms with E-state index < -0.39 is 23.5 Å². The van der Waals surface area contributed by atoms with Gasteiger partial charge in [-0.2, -0.15) is 0 Å². The lowest BCUT2D eigenvalue weighted by atomic mass is 10.1. The van der Waals surface area contributed by atoms with Crippen LogP contribution in [0.1, 0.15) is 33.3 Å². The molecule has 0 aromatic heterocycles. The molecule has 0 saturated carbocycles. The Kier molecular flexibility index (Phi) is 5.72. The maximum atomic E-state index is 11.9. The predicted molar refractivity (Wildman–Crippen MR) is 81.9 cm³/mol. The predicted octanol–water partition coefficient (Wildman–Crippen LogP) is 1.60. The van der Waals surface area contributed by atoms with Crippen LogP contribution in [0.25, 0.3) is 0 Å². The van der Waals surface area contributed by atoms with E-state index in [1.54, 1.807) is 31.2 Å². The van der Waals surface area contributed by atoms with Crippen LogP contribution in [-0.2, 0) is 11.4 Å². The molecular weight excluding hydrogens is 270 g/mol.